The van der Waals surface area contributed by atoms with E-state index in [1.165, 1.54) is 0 Å². The fraction of sp³-hybridized carbons (Fsp3) is 0.667. The average Bonchev–Trinajstić information content (AvgIpc) is 2.28. The van der Waals surface area contributed by atoms with Crippen LogP contribution in [0.5, 0.6) is 0 Å². The van der Waals surface area contributed by atoms with Crippen LogP contribution in [0.3, 0.4) is 0 Å². The molecule has 0 spiro atoms. The molecule has 0 aromatic rings. The van der Waals surface area contributed by atoms with Crippen LogP contribution >= 0.6 is 0 Å². The largest absolute Gasteiger partial charge is 0.0795 e. The van der Waals surface area contributed by atoms with Crippen LogP contribution in [0.15, 0.2) is 23.4 Å². The minimum absolute atomic E-state index is 0.649. The Bertz CT molecular complexity index is 275. The van der Waals surface area contributed by atoms with Crippen LogP contribution in [-0.2, 0) is 0 Å². The zero-order chi connectivity index (χ0) is 11.9. The molecule has 1 aliphatic rings. The third-order valence-electron chi connectivity index (χ3n) is 3.11. The highest BCUT2D eigenvalue weighted by Gasteiger charge is 2.41. The highest BCUT2D eigenvalue weighted by Crippen LogP contribution is 2.28. The van der Waals surface area contributed by atoms with Gasteiger partial charge in [0.15, 0.2) is 0 Å². The second-order valence-electron chi connectivity index (χ2n) is 7.05. The van der Waals surface area contributed by atoms with Gasteiger partial charge in [-0.3, -0.25) is 0 Å². The molecule has 0 saturated carbocycles. The van der Waals surface area contributed by atoms with E-state index in [0.717, 1.165) is 0 Å². The van der Waals surface area contributed by atoms with Crippen molar-refractivity contribution in [1.29, 1.82) is 0 Å². The molecule has 0 aliphatic heterocycles. The Morgan fingerprint density at radius 2 is 1.47 bits per heavy atom. The minimum Gasteiger partial charge on any atom is -0.0795 e. The number of allylic oxidation sites excluding steroid dienone is 4. The summed E-state index contributed by atoms with van der Waals surface area (Å²) in [5.74, 6) is 0.697. The van der Waals surface area contributed by atoms with Crippen molar-refractivity contribution in [2.75, 3.05) is 0 Å². The molecular weight excluding hydrogens is 228 g/mol. The van der Waals surface area contributed by atoms with Gasteiger partial charge in [0.1, 0.15) is 0 Å². The van der Waals surface area contributed by atoms with Gasteiger partial charge in [-0.15, -0.1) is 0 Å². The maximum absolute atomic E-state index is 2.58. The zero-order valence-corrected chi connectivity index (χ0v) is 14.5. The molecule has 0 aromatic heterocycles. The van der Waals surface area contributed by atoms with Gasteiger partial charge >= 0.3 is 0 Å². The topological polar surface area (TPSA) is 0 Å². The van der Waals surface area contributed by atoms with Gasteiger partial charge in [-0.1, -0.05) is 69.6 Å². The highest BCUT2D eigenvalue weighted by molar-refractivity contribution is 7.62. The van der Waals surface area contributed by atoms with Crippen molar-refractivity contribution in [3.8, 4) is 0 Å². The van der Waals surface area contributed by atoms with Gasteiger partial charge in [0, 0.05) is 15.2 Å². The smallest absolute Gasteiger partial charge is 0.0587 e. The van der Waals surface area contributed by atoms with Crippen molar-refractivity contribution in [3.05, 3.63) is 23.4 Å². The van der Waals surface area contributed by atoms with Gasteiger partial charge in [-0.25, -0.2) is 0 Å². The molecule has 1 unspecified atom stereocenters. The van der Waals surface area contributed by atoms with Crippen molar-refractivity contribution < 1.29 is 0 Å². The summed E-state index contributed by atoms with van der Waals surface area (Å²) in [6.07, 6.45) is 7.39. The molecule has 0 fully saturated rings. The SMILES string of the molecule is CC1C=CC([SiH]([Si](C)(C)C)[Si](C)(C)C)=C1. The predicted molar refractivity (Wildman–Crippen MR) is 80.2 cm³/mol. The van der Waals surface area contributed by atoms with E-state index in [-0.39, 0.29) is 0 Å². The van der Waals surface area contributed by atoms with Crippen molar-refractivity contribution in [2.45, 2.75) is 46.2 Å². The molecule has 0 aromatic carbocycles. The van der Waals surface area contributed by atoms with Crippen LogP contribution in [-0.4, -0.2) is 23.0 Å². The van der Waals surface area contributed by atoms with Crippen LogP contribution < -0.4 is 0 Å². The molecule has 1 rings (SSSR count). The van der Waals surface area contributed by atoms with E-state index in [9.17, 15) is 0 Å². The van der Waals surface area contributed by atoms with E-state index in [1.807, 2.05) is 0 Å². The molecule has 0 amide bonds. The molecule has 0 heterocycles. The van der Waals surface area contributed by atoms with Crippen LogP contribution in [0.1, 0.15) is 6.92 Å². The monoisotopic (exact) mass is 254 g/mol. The first-order valence-corrected chi connectivity index (χ1v) is 17.2. The molecule has 0 saturated heterocycles. The first-order chi connectivity index (χ1) is 6.62. The lowest BCUT2D eigenvalue weighted by Crippen LogP contribution is -2.59. The molecule has 1 aliphatic carbocycles. The Morgan fingerprint density at radius 3 is 1.73 bits per heavy atom. The van der Waals surface area contributed by atoms with Crippen molar-refractivity contribution in [2.24, 2.45) is 5.92 Å². The lowest BCUT2D eigenvalue weighted by molar-refractivity contribution is 0.957. The Kier molecular flexibility index (Phi) is 3.68. The lowest BCUT2D eigenvalue weighted by Gasteiger charge is -2.37. The molecule has 1 atom stereocenters. The fourth-order valence-corrected chi connectivity index (χ4v) is 46.9. The van der Waals surface area contributed by atoms with Gasteiger partial charge in [-0.05, 0) is 5.92 Å². The van der Waals surface area contributed by atoms with E-state index >= 15 is 0 Å². The molecule has 86 valence electrons. The van der Waals surface area contributed by atoms with E-state index in [1.54, 1.807) is 5.20 Å². The molecular formula is C12H26Si3. The van der Waals surface area contributed by atoms with Crippen molar-refractivity contribution >= 4 is 23.0 Å². The molecule has 0 bridgehead atoms. The van der Waals surface area contributed by atoms with Gasteiger partial charge in [0.2, 0.25) is 0 Å². The summed E-state index contributed by atoms with van der Waals surface area (Å²) in [4.78, 5) is 0. The second kappa shape index (κ2) is 4.18. The number of rotatable bonds is 3. The molecule has 0 N–H and O–H groups in total. The summed E-state index contributed by atoms with van der Waals surface area (Å²) in [5, 5.41) is 1.79. The average molecular weight is 255 g/mol. The standard InChI is InChI=1S/C12H26Si3/c1-11-8-9-12(10-11)13(14(2,3)4)15(5,6)7/h8-11,13H,1-7H3. The summed E-state index contributed by atoms with van der Waals surface area (Å²) >= 11 is 0. The molecule has 0 nitrogen and oxygen atoms in total. The summed E-state index contributed by atoms with van der Waals surface area (Å²) in [7, 11) is -2.52. The number of hydrogen-bond donors (Lipinski definition) is 0. The molecule has 15 heavy (non-hydrogen) atoms. The Labute approximate surface area is 98.7 Å². The van der Waals surface area contributed by atoms with E-state index in [4.69, 9.17) is 0 Å². The zero-order valence-electron chi connectivity index (χ0n) is 11.4. The van der Waals surface area contributed by atoms with Crippen LogP contribution in [0.4, 0.5) is 0 Å². The van der Waals surface area contributed by atoms with Crippen molar-refractivity contribution in [3.63, 3.8) is 0 Å². The molecule has 0 radical (unpaired) electrons. The maximum Gasteiger partial charge on any atom is 0.0587 e. The van der Waals surface area contributed by atoms with Gasteiger partial charge < -0.3 is 0 Å². The van der Waals surface area contributed by atoms with E-state index in [2.05, 4.69) is 64.4 Å². The summed E-state index contributed by atoms with van der Waals surface area (Å²) in [6.45, 7) is 17.8. The minimum atomic E-state index is -0.936. The lowest BCUT2D eigenvalue weighted by atomic mass is 10.2. The van der Waals surface area contributed by atoms with Gasteiger partial charge in [0.05, 0.1) is 7.83 Å². The third-order valence-corrected chi connectivity index (χ3v) is 35.6. The maximum atomic E-state index is 2.58. The first kappa shape index (κ1) is 13.2. The molecule has 3 heteroatoms. The summed E-state index contributed by atoms with van der Waals surface area (Å²) in [6, 6.07) is 0. The summed E-state index contributed by atoms with van der Waals surface area (Å²) in [5.41, 5.74) is 0. The Balaban J connectivity index is 3.04. The highest BCUT2D eigenvalue weighted by atomic mass is 29.6. The van der Waals surface area contributed by atoms with E-state index in [0.29, 0.717) is 5.92 Å². The van der Waals surface area contributed by atoms with Gasteiger partial charge in [-0.2, -0.15) is 0 Å². The van der Waals surface area contributed by atoms with Gasteiger partial charge in [0.25, 0.3) is 0 Å². The van der Waals surface area contributed by atoms with Crippen LogP contribution in [0.2, 0.25) is 39.3 Å². The van der Waals surface area contributed by atoms with Crippen molar-refractivity contribution in [1.82, 2.24) is 0 Å². The first-order valence-electron chi connectivity index (χ1n) is 6.02. The normalized spacial score (nSPS) is 22.4. The third kappa shape index (κ3) is 3.29. The van der Waals surface area contributed by atoms with Crippen LogP contribution in [0.25, 0.3) is 0 Å². The van der Waals surface area contributed by atoms with E-state index < -0.39 is 23.0 Å². The Hall–Kier alpha value is 0.131. The fourth-order valence-electron chi connectivity index (χ4n) is 3.17. The Morgan fingerprint density at radius 1 is 1.00 bits per heavy atom. The number of hydrogen-bond acceptors (Lipinski definition) is 0. The second-order valence-corrected chi connectivity index (χ2v) is 33.6. The summed E-state index contributed by atoms with van der Waals surface area (Å²) < 4.78 is 0. The quantitative estimate of drug-likeness (QED) is 0.674. The predicted octanol–water partition coefficient (Wildman–Crippen LogP) is 3.72. The van der Waals surface area contributed by atoms with Crippen LogP contribution in [0, 0.1) is 5.92 Å².